The molecule has 0 amide bonds. The van der Waals surface area contributed by atoms with Crippen LogP contribution in [0.3, 0.4) is 0 Å². The molecule has 0 bridgehead atoms. The van der Waals surface area contributed by atoms with Gasteiger partial charge in [0, 0.05) is 11.6 Å². The van der Waals surface area contributed by atoms with Crippen molar-refractivity contribution in [2.24, 2.45) is 0 Å². The molecule has 0 rings (SSSR count). The van der Waals surface area contributed by atoms with E-state index in [0.29, 0.717) is 5.57 Å². The lowest BCUT2D eigenvalue weighted by molar-refractivity contribution is -0.137. The van der Waals surface area contributed by atoms with Crippen molar-refractivity contribution in [2.75, 3.05) is 20.2 Å². The Kier molecular flexibility index (Phi) is 5.75. The number of hydrogen-bond acceptors (Lipinski definition) is 3. The van der Waals surface area contributed by atoms with Gasteiger partial charge < -0.3 is 9.64 Å². The number of halogens is 1. The number of likely N-dealkylation sites (N-methyl/N-ethyl adjacent to an activating group) is 1. The summed E-state index contributed by atoms with van der Waals surface area (Å²) >= 11 is 5.26. The second kappa shape index (κ2) is 6.00. The van der Waals surface area contributed by atoms with Crippen LogP contribution in [0.1, 0.15) is 13.8 Å². The van der Waals surface area contributed by atoms with Crippen LogP contribution in [0.2, 0.25) is 0 Å². The van der Waals surface area contributed by atoms with E-state index in [2.05, 4.69) is 4.74 Å². The number of alkyl halides is 1. The van der Waals surface area contributed by atoms with Crippen molar-refractivity contribution in [1.82, 2.24) is 4.90 Å². The fraction of sp³-hybridized carbons (Fsp3) is 0.667. The van der Waals surface area contributed by atoms with Crippen LogP contribution in [0.5, 0.6) is 0 Å². The van der Waals surface area contributed by atoms with Gasteiger partial charge in [-0.2, -0.15) is 0 Å². The van der Waals surface area contributed by atoms with Crippen molar-refractivity contribution in [3.05, 3.63) is 11.6 Å². The topological polar surface area (TPSA) is 29.5 Å². The third-order valence-corrected chi connectivity index (χ3v) is 1.92. The van der Waals surface area contributed by atoms with Crippen LogP contribution in [-0.2, 0) is 9.53 Å². The third kappa shape index (κ3) is 4.90. The highest BCUT2D eigenvalue weighted by Gasteiger charge is 2.07. The predicted molar refractivity (Wildman–Crippen MR) is 53.7 cm³/mol. The molecule has 0 heterocycles. The Hall–Kier alpha value is -0.540. The molecule has 0 saturated heterocycles. The normalized spacial score (nSPS) is 14.5. The second-order valence-corrected chi connectivity index (χ2v) is 3.31. The van der Waals surface area contributed by atoms with Crippen molar-refractivity contribution in [3.63, 3.8) is 0 Å². The molecule has 0 fully saturated rings. The average Bonchev–Trinajstić information content (AvgIpc) is 2.04. The van der Waals surface area contributed by atoms with Gasteiger partial charge in [0.05, 0.1) is 0 Å². The van der Waals surface area contributed by atoms with Crippen molar-refractivity contribution >= 4 is 17.6 Å². The van der Waals surface area contributed by atoms with Crippen LogP contribution >= 0.6 is 11.6 Å². The van der Waals surface area contributed by atoms with Crippen molar-refractivity contribution < 1.29 is 9.53 Å². The fourth-order valence-corrected chi connectivity index (χ4v) is 0.841. The minimum Gasteiger partial charge on any atom is -0.446 e. The zero-order valence-corrected chi connectivity index (χ0v) is 9.26. The molecule has 0 N–H and O–H groups in total. The van der Waals surface area contributed by atoms with Crippen LogP contribution in [-0.4, -0.2) is 37.1 Å². The van der Waals surface area contributed by atoms with E-state index in [9.17, 15) is 4.79 Å². The number of hydrogen-bond donors (Lipinski definition) is 0. The van der Waals surface area contributed by atoms with E-state index in [0.717, 1.165) is 0 Å². The summed E-state index contributed by atoms with van der Waals surface area (Å²) in [6, 6.07) is 0.114. The second-order valence-electron chi connectivity index (χ2n) is 3.09. The summed E-state index contributed by atoms with van der Waals surface area (Å²) in [7, 11) is 3.89. The third-order valence-electron chi connectivity index (χ3n) is 1.81. The van der Waals surface area contributed by atoms with Crippen molar-refractivity contribution in [1.29, 1.82) is 0 Å². The largest absolute Gasteiger partial charge is 0.446 e. The highest BCUT2D eigenvalue weighted by molar-refractivity contribution is 6.17. The molecule has 76 valence electrons. The van der Waals surface area contributed by atoms with E-state index in [1.165, 1.54) is 0 Å². The first-order valence-corrected chi connectivity index (χ1v) is 4.60. The monoisotopic (exact) mass is 205 g/mol. The van der Waals surface area contributed by atoms with Crippen LogP contribution in [0, 0.1) is 0 Å². The number of carbonyl (C=O) groups is 1. The molecule has 0 aliphatic rings. The molecule has 0 aliphatic heterocycles. The molecule has 1 atom stereocenters. The minimum absolute atomic E-state index is 0.0969. The lowest BCUT2D eigenvalue weighted by Crippen LogP contribution is -2.23. The molecule has 13 heavy (non-hydrogen) atoms. The van der Waals surface area contributed by atoms with Gasteiger partial charge in [-0.3, -0.25) is 0 Å². The highest BCUT2D eigenvalue weighted by atomic mass is 35.5. The molecule has 0 radical (unpaired) electrons. The first-order chi connectivity index (χ1) is 5.99. The van der Waals surface area contributed by atoms with Crippen LogP contribution in [0.25, 0.3) is 0 Å². The molecule has 0 aromatic carbocycles. The molecule has 0 saturated carbocycles. The van der Waals surface area contributed by atoms with E-state index in [-0.39, 0.29) is 18.1 Å². The first kappa shape index (κ1) is 12.5. The van der Waals surface area contributed by atoms with E-state index in [4.69, 9.17) is 11.6 Å². The summed E-state index contributed by atoms with van der Waals surface area (Å²) in [5, 5.41) is 0. The Bertz CT molecular complexity index is 202. The summed E-state index contributed by atoms with van der Waals surface area (Å²) in [6.45, 7) is 3.71. The van der Waals surface area contributed by atoms with Gasteiger partial charge in [0.1, 0.15) is 0 Å². The molecule has 0 aromatic rings. The van der Waals surface area contributed by atoms with Gasteiger partial charge in [-0.1, -0.05) is 17.7 Å². The van der Waals surface area contributed by atoms with E-state index < -0.39 is 0 Å². The van der Waals surface area contributed by atoms with Crippen molar-refractivity contribution in [3.8, 4) is 0 Å². The maximum Gasteiger partial charge on any atom is 0.334 e. The average molecular weight is 206 g/mol. The van der Waals surface area contributed by atoms with Gasteiger partial charge in [-0.25, -0.2) is 4.79 Å². The standard InChI is InChI=1S/C9H16ClNO2/c1-7(9(12)13-6-10)5-8(2)11(3)4/h5,8H,6H2,1-4H3/b7-5+. The van der Waals surface area contributed by atoms with Crippen LogP contribution in [0.15, 0.2) is 11.6 Å². The summed E-state index contributed by atoms with van der Waals surface area (Å²) in [5.41, 5.74) is 0.585. The smallest absolute Gasteiger partial charge is 0.334 e. The van der Waals surface area contributed by atoms with Crippen LogP contribution in [0.4, 0.5) is 0 Å². The summed E-state index contributed by atoms with van der Waals surface area (Å²) in [6.07, 6.45) is 1.84. The number of ether oxygens (including phenoxy) is 1. The minimum atomic E-state index is -0.358. The van der Waals surface area contributed by atoms with E-state index in [1.54, 1.807) is 6.92 Å². The molecule has 0 spiro atoms. The molecule has 0 aromatic heterocycles. The Morgan fingerprint density at radius 3 is 2.54 bits per heavy atom. The molecule has 0 aliphatic carbocycles. The summed E-state index contributed by atoms with van der Waals surface area (Å²) in [4.78, 5) is 13.1. The molecular formula is C9H16ClNO2. The van der Waals surface area contributed by atoms with Gasteiger partial charge in [0.2, 0.25) is 0 Å². The van der Waals surface area contributed by atoms with Gasteiger partial charge in [-0.15, -0.1) is 0 Å². The Morgan fingerprint density at radius 2 is 2.15 bits per heavy atom. The van der Waals surface area contributed by atoms with Gasteiger partial charge in [0.15, 0.2) is 6.07 Å². The van der Waals surface area contributed by atoms with E-state index in [1.807, 2.05) is 32.0 Å². The number of rotatable bonds is 4. The number of nitrogens with zero attached hydrogens (tertiary/aromatic N) is 1. The maximum atomic E-state index is 11.1. The molecular weight excluding hydrogens is 190 g/mol. The van der Waals surface area contributed by atoms with Gasteiger partial charge >= 0.3 is 5.97 Å². The summed E-state index contributed by atoms with van der Waals surface area (Å²) < 4.78 is 4.62. The van der Waals surface area contributed by atoms with Gasteiger partial charge in [0.25, 0.3) is 0 Å². The fourth-order valence-electron chi connectivity index (χ4n) is 0.742. The van der Waals surface area contributed by atoms with Gasteiger partial charge in [-0.05, 0) is 27.9 Å². The number of esters is 1. The lowest BCUT2D eigenvalue weighted by Gasteiger charge is -2.16. The zero-order chi connectivity index (χ0) is 10.4. The lowest BCUT2D eigenvalue weighted by atomic mass is 10.2. The molecule has 1 unspecified atom stereocenters. The Balaban J connectivity index is 4.22. The van der Waals surface area contributed by atoms with Crippen LogP contribution < -0.4 is 0 Å². The maximum absolute atomic E-state index is 11.1. The Morgan fingerprint density at radius 1 is 1.62 bits per heavy atom. The SMILES string of the molecule is C/C(=C\C(C)N(C)C)C(=O)OCCl. The first-order valence-electron chi connectivity index (χ1n) is 4.07. The molecule has 4 heteroatoms. The predicted octanol–water partition coefficient (Wildman–Crippen LogP) is 1.62. The zero-order valence-electron chi connectivity index (χ0n) is 8.50. The quantitative estimate of drug-likeness (QED) is 0.397. The summed E-state index contributed by atoms with van der Waals surface area (Å²) in [5.74, 6) is -0.358. The molecule has 3 nitrogen and oxygen atoms in total. The van der Waals surface area contributed by atoms with E-state index >= 15 is 0 Å². The highest BCUT2D eigenvalue weighted by Crippen LogP contribution is 2.02. The Labute approximate surface area is 84.3 Å². The van der Waals surface area contributed by atoms with Crippen molar-refractivity contribution in [2.45, 2.75) is 19.9 Å². The number of carbonyl (C=O) groups excluding carboxylic acids is 1.